The molecule has 0 rings (SSSR count). The maximum absolute atomic E-state index is 5.57. The van der Waals surface area contributed by atoms with Crippen LogP contribution in [-0.4, -0.2) is 5.88 Å². The molecule has 0 fully saturated rings. The predicted molar refractivity (Wildman–Crippen MR) is 53.3 cm³/mol. The van der Waals surface area contributed by atoms with Gasteiger partial charge < -0.3 is 0 Å². The molecule has 0 bridgehead atoms. The van der Waals surface area contributed by atoms with Gasteiger partial charge in [-0.1, -0.05) is 46.0 Å². The Morgan fingerprint density at radius 1 is 1.09 bits per heavy atom. The fourth-order valence-electron chi connectivity index (χ4n) is 1.14. The lowest BCUT2D eigenvalue weighted by molar-refractivity contribution is 0.477. The smallest absolute Gasteiger partial charge is 0.0223 e. The van der Waals surface area contributed by atoms with Crippen molar-refractivity contribution < 1.29 is 0 Å². The van der Waals surface area contributed by atoms with Crippen LogP contribution in [0.2, 0.25) is 0 Å². The second-order valence-corrected chi connectivity index (χ2v) is 3.78. The van der Waals surface area contributed by atoms with Gasteiger partial charge in [0, 0.05) is 5.88 Å². The Kier molecular flexibility index (Phi) is 8.61. The molecule has 0 saturated carbocycles. The average Bonchev–Trinajstić information content (AvgIpc) is 2.04. The molecule has 0 aromatic rings. The zero-order valence-electron chi connectivity index (χ0n) is 7.91. The van der Waals surface area contributed by atoms with E-state index in [1.807, 2.05) is 0 Å². The van der Waals surface area contributed by atoms with E-state index in [1.54, 1.807) is 0 Å². The van der Waals surface area contributed by atoms with Gasteiger partial charge >= 0.3 is 0 Å². The second-order valence-electron chi connectivity index (χ2n) is 3.41. The van der Waals surface area contributed by atoms with E-state index in [-0.39, 0.29) is 0 Å². The lowest BCUT2D eigenvalue weighted by Gasteiger charge is -2.06. The molecule has 0 amide bonds. The summed E-state index contributed by atoms with van der Waals surface area (Å²) < 4.78 is 0. The molecular formula is C10H21Cl. The normalized spacial score (nSPS) is 13.4. The topological polar surface area (TPSA) is 0 Å². The summed E-state index contributed by atoms with van der Waals surface area (Å²) in [6, 6.07) is 0. The number of hydrogen-bond acceptors (Lipinski definition) is 0. The average molecular weight is 177 g/mol. The van der Waals surface area contributed by atoms with Gasteiger partial charge in [0.15, 0.2) is 0 Å². The molecule has 1 unspecified atom stereocenters. The first-order valence-corrected chi connectivity index (χ1v) is 5.40. The van der Waals surface area contributed by atoms with E-state index in [2.05, 4.69) is 13.8 Å². The Morgan fingerprint density at radius 2 is 1.73 bits per heavy atom. The maximum atomic E-state index is 5.57. The maximum Gasteiger partial charge on any atom is 0.0223 e. The molecule has 68 valence electrons. The number of halogens is 1. The van der Waals surface area contributed by atoms with Gasteiger partial charge in [0.05, 0.1) is 0 Å². The van der Waals surface area contributed by atoms with Crippen molar-refractivity contribution in [3.63, 3.8) is 0 Å². The molecular weight excluding hydrogens is 156 g/mol. The molecule has 0 saturated heterocycles. The minimum atomic E-state index is 0.837. The zero-order chi connectivity index (χ0) is 8.53. The summed E-state index contributed by atoms with van der Waals surface area (Å²) in [7, 11) is 0. The van der Waals surface area contributed by atoms with Crippen LogP contribution in [-0.2, 0) is 0 Å². The van der Waals surface area contributed by atoms with E-state index in [1.165, 1.54) is 38.5 Å². The number of hydrogen-bond donors (Lipinski definition) is 0. The molecule has 0 N–H and O–H groups in total. The molecule has 0 radical (unpaired) electrons. The molecule has 0 aliphatic carbocycles. The lowest BCUT2D eigenvalue weighted by atomic mass is 10.0. The third-order valence-corrected chi connectivity index (χ3v) is 2.54. The Morgan fingerprint density at radius 3 is 2.27 bits per heavy atom. The van der Waals surface area contributed by atoms with Crippen molar-refractivity contribution in [3.05, 3.63) is 0 Å². The van der Waals surface area contributed by atoms with Gasteiger partial charge in [0.25, 0.3) is 0 Å². The largest absolute Gasteiger partial charge is 0.127 e. The van der Waals surface area contributed by atoms with Crippen molar-refractivity contribution in [2.45, 2.75) is 52.4 Å². The summed E-state index contributed by atoms with van der Waals surface area (Å²) >= 11 is 5.57. The molecule has 0 nitrogen and oxygen atoms in total. The Bertz CT molecular complexity index is 71.3. The van der Waals surface area contributed by atoms with Crippen LogP contribution >= 0.6 is 11.6 Å². The van der Waals surface area contributed by atoms with E-state index in [4.69, 9.17) is 11.6 Å². The van der Waals surface area contributed by atoms with Gasteiger partial charge in [0.1, 0.15) is 0 Å². The van der Waals surface area contributed by atoms with Crippen molar-refractivity contribution in [2.24, 2.45) is 5.92 Å². The van der Waals surface area contributed by atoms with E-state index in [0.717, 1.165) is 11.8 Å². The monoisotopic (exact) mass is 176 g/mol. The van der Waals surface area contributed by atoms with Crippen molar-refractivity contribution in [1.82, 2.24) is 0 Å². The van der Waals surface area contributed by atoms with Crippen LogP contribution in [0.3, 0.4) is 0 Å². The highest BCUT2D eigenvalue weighted by atomic mass is 35.5. The molecule has 11 heavy (non-hydrogen) atoms. The fraction of sp³-hybridized carbons (Fsp3) is 1.00. The van der Waals surface area contributed by atoms with Crippen LogP contribution in [0.15, 0.2) is 0 Å². The SMILES string of the molecule is CCC(C)CCCCCCCl. The van der Waals surface area contributed by atoms with E-state index in [9.17, 15) is 0 Å². The quantitative estimate of drug-likeness (QED) is 0.403. The molecule has 0 aromatic heterocycles. The molecule has 1 heteroatoms. The highest BCUT2D eigenvalue weighted by Gasteiger charge is 1.97. The number of rotatable bonds is 7. The van der Waals surface area contributed by atoms with Gasteiger partial charge in [-0.25, -0.2) is 0 Å². The van der Waals surface area contributed by atoms with Crippen molar-refractivity contribution in [1.29, 1.82) is 0 Å². The fourth-order valence-corrected chi connectivity index (χ4v) is 1.33. The standard InChI is InChI=1S/C10H21Cl/c1-3-10(2)8-6-4-5-7-9-11/h10H,3-9H2,1-2H3. The summed E-state index contributed by atoms with van der Waals surface area (Å²) in [6.45, 7) is 4.60. The first kappa shape index (κ1) is 11.3. The molecule has 1 atom stereocenters. The van der Waals surface area contributed by atoms with Crippen LogP contribution in [0.5, 0.6) is 0 Å². The Labute approximate surface area is 76.3 Å². The Balaban J connectivity index is 2.89. The van der Waals surface area contributed by atoms with Gasteiger partial charge in [0.2, 0.25) is 0 Å². The Hall–Kier alpha value is 0.290. The first-order chi connectivity index (χ1) is 5.31. The second kappa shape index (κ2) is 8.39. The third-order valence-electron chi connectivity index (χ3n) is 2.28. The summed E-state index contributed by atoms with van der Waals surface area (Å²) in [5.74, 6) is 1.76. The number of unbranched alkanes of at least 4 members (excludes halogenated alkanes) is 3. The van der Waals surface area contributed by atoms with Gasteiger partial charge in [-0.15, -0.1) is 11.6 Å². The molecule has 0 aromatic carbocycles. The number of alkyl halides is 1. The summed E-state index contributed by atoms with van der Waals surface area (Å²) in [4.78, 5) is 0. The van der Waals surface area contributed by atoms with Gasteiger partial charge in [-0.05, 0) is 12.3 Å². The van der Waals surface area contributed by atoms with E-state index >= 15 is 0 Å². The van der Waals surface area contributed by atoms with Crippen LogP contribution in [0.1, 0.15) is 52.4 Å². The zero-order valence-corrected chi connectivity index (χ0v) is 8.66. The van der Waals surface area contributed by atoms with Crippen molar-refractivity contribution in [2.75, 3.05) is 5.88 Å². The highest BCUT2D eigenvalue weighted by molar-refractivity contribution is 6.17. The molecule has 0 aliphatic rings. The van der Waals surface area contributed by atoms with E-state index < -0.39 is 0 Å². The predicted octanol–water partition coefficient (Wildman–Crippen LogP) is 4.22. The summed E-state index contributed by atoms with van der Waals surface area (Å²) in [5.41, 5.74) is 0. The van der Waals surface area contributed by atoms with Crippen LogP contribution < -0.4 is 0 Å². The van der Waals surface area contributed by atoms with Crippen LogP contribution in [0, 0.1) is 5.92 Å². The summed E-state index contributed by atoms with van der Waals surface area (Å²) in [5, 5.41) is 0. The summed E-state index contributed by atoms with van der Waals surface area (Å²) in [6.07, 6.45) is 8.01. The van der Waals surface area contributed by atoms with Crippen LogP contribution in [0.25, 0.3) is 0 Å². The molecule has 0 heterocycles. The van der Waals surface area contributed by atoms with Gasteiger partial charge in [-0.3, -0.25) is 0 Å². The van der Waals surface area contributed by atoms with Crippen molar-refractivity contribution >= 4 is 11.6 Å². The molecule has 0 spiro atoms. The first-order valence-electron chi connectivity index (χ1n) is 4.87. The van der Waals surface area contributed by atoms with E-state index in [0.29, 0.717) is 0 Å². The third kappa shape index (κ3) is 8.19. The van der Waals surface area contributed by atoms with Crippen LogP contribution in [0.4, 0.5) is 0 Å². The van der Waals surface area contributed by atoms with Crippen molar-refractivity contribution in [3.8, 4) is 0 Å². The van der Waals surface area contributed by atoms with Gasteiger partial charge in [-0.2, -0.15) is 0 Å². The minimum Gasteiger partial charge on any atom is -0.127 e. The highest BCUT2D eigenvalue weighted by Crippen LogP contribution is 2.12. The molecule has 0 aliphatic heterocycles. The lowest BCUT2D eigenvalue weighted by Crippen LogP contribution is -1.91. The minimum absolute atomic E-state index is 0.837.